The van der Waals surface area contributed by atoms with Crippen LogP contribution in [0.1, 0.15) is 16.4 Å². The van der Waals surface area contributed by atoms with Crippen LogP contribution in [0, 0.1) is 0 Å². The molecule has 0 aliphatic heterocycles. The van der Waals surface area contributed by atoms with E-state index in [-0.39, 0.29) is 0 Å². The predicted octanol–water partition coefficient (Wildman–Crippen LogP) is 5.77. The lowest BCUT2D eigenvalue weighted by molar-refractivity contribution is 0.414. The highest BCUT2D eigenvalue weighted by Crippen LogP contribution is 2.32. The molecular weight excluding hydrogens is 366 g/mol. The number of nitrogens with zero attached hydrogens (tertiary/aromatic N) is 2. The Morgan fingerprint density at radius 2 is 1.75 bits per heavy atom. The summed E-state index contributed by atoms with van der Waals surface area (Å²) in [6.07, 6.45) is 2.11. The second-order valence-corrected chi connectivity index (χ2v) is 7.45. The fourth-order valence-corrected chi connectivity index (χ4v) is 4.18. The van der Waals surface area contributed by atoms with Gasteiger partial charge in [-0.3, -0.25) is 0 Å². The maximum atomic E-state index is 5.38. The molecule has 0 aliphatic rings. The van der Waals surface area contributed by atoms with Crippen molar-refractivity contribution in [2.24, 2.45) is 0 Å². The number of methoxy groups -OCH3 is 1. The van der Waals surface area contributed by atoms with Gasteiger partial charge in [0.1, 0.15) is 16.6 Å². The fourth-order valence-electron chi connectivity index (χ4n) is 3.20. The zero-order chi connectivity index (χ0) is 18.9. The number of rotatable bonds is 4. The Morgan fingerprint density at radius 1 is 0.929 bits per heavy atom. The van der Waals surface area contributed by atoms with Gasteiger partial charge in [0.2, 0.25) is 0 Å². The van der Waals surface area contributed by atoms with E-state index in [0.29, 0.717) is 0 Å². The molecule has 0 amide bonds. The second kappa shape index (κ2) is 6.94. The van der Waals surface area contributed by atoms with Gasteiger partial charge in [-0.1, -0.05) is 36.4 Å². The summed E-state index contributed by atoms with van der Waals surface area (Å²) in [6, 6.07) is 24.2. The summed E-state index contributed by atoms with van der Waals surface area (Å²) in [5, 5.41) is 0.933. The number of hydrogen-bond acceptors (Lipinski definition) is 4. The van der Waals surface area contributed by atoms with E-state index < -0.39 is 0 Å². The van der Waals surface area contributed by atoms with Crippen LogP contribution >= 0.6 is 11.3 Å². The summed E-state index contributed by atoms with van der Waals surface area (Å²) in [6.45, 7) is 0. The molecule has 2 aromatic heterocycles. The van der Waals surface area contributed by atoms with Crippen LogP contribution in [0.3, 0.4) is 0 Å². The third-order valence-electron chi connectivity index (χ3n) is 4.57. The summed E-state index contributed by atoms with van der Waals surface area (Å²) < 4.78 is 6.54. The van der Waals surface area contributed by atoms with E-state index in [1.807, 2.05) is 60.7 Å². The molecule has 0 atom stereocenters. The number of H-pyrrole nitrogens is 1. The van der Waals surface area contributed by atoms with E-state index in [1.54, 1.807) is 18.4 Å². The van der Waals surface area contributed by atoms with Crippen LogP contribution in [0.15, 0.2) is 72.8 Å². The number of aromatic nitrogens is 3. The summed E-state index contributed by atoms with van der Waals surface area (Å²) in [7, 11) is 1.68. The maximum absolute atomic E-state index is 5.38. The molecule has 0 saturated carbocycles. The van der Waals surface area contributed by atoms with Gasteiger partial charge in [-0.15, -0.1) is 11.3 Å². The highest BCUT2D eigenvalue weighted by molar-refractivity contribution is 7.19. The smallest absolute Gasteiger partial charge is 0.141 e. The van der Waals surface area contributed by atoms with Gasteiger partial charge < -0.3 is 9.72 Å². The van der Waals surface area contributed by atoms with Gasteiger partial charge >= 0.3 is 0 Å². The molecule has 0 radical (unpaired) electrons. The molecule has 2 heterocycles. The van der Waals surface area contributed by atoms with E-state index in [1.165, 1.54) is 0 Å². The van der Waals surface area contributed by atoms with E-state index in [9.17, 15) is 0 Å². The number of fused-ring (bicyclic) bond motifs is 2. The van der Waals surface area contributed by atoms with Crippen LogP contribution in [0.4, 0.5) is 0 Å². The standard InChI is InChI=1S/C23H17N3OS/c1-27-16-8-6-7-15(13-16)14-17(22-24-18-9-2-3-10-19(18)25-22)23-26-20-11-4-5-12-21(20)28-23/h2-14H,1H3,(H,24,25)/b17-14-. The molecule has 5 aromatic rings. The Balaban J connectivity index is 1.72. The van der Waals surface area contributed by atoms with E-state index in [2.05, 4.69) is 23.2 Å². The summed E-state index contributed by atoms with van der Waals surface area (Å²) in [5.74, 6) is 1.63. The second-order valence-electron chi connectivity index (χ2n) is 6.42. The molecule has 5 heteroatoms. The normalized spacial score (nSPS) is 12.0. The number of benzene rings is 3. The molecule has 5 rings (SSSR count). The van der Waals surface area contributed by atoms with Crippen LogP contribution in [0.2, 0.25) is 0 Å². The number of aromatic amines is 1. The maximum Gasteiger partial charge on any atom is 0.141 e. The lowest BCUT2D eigenvalue weighted by atomic mass is 10.1. The van der Waals surface area contributed by atoms with Crippen molar-refractivity contribution in [3.05, 3.63) is 89.2 Å². The molecule has 0 spiro atoms. The lowest BCUT2D eigenvalue weighted by Crippen LogP contribution is -1.91. The molecule has 1 N–H and O–H groups in total. The van der Waals surface area contributed by atoms with Gasteiger partial charge in [-0.25, -0.2) is 9.97 Å². The number of ether oxygens (including phenoxy) is 1. The Kier molecular flexibility index (Phi) is 4.14. The van der Waals surface area contributed by atoms with E-state index in [4.69, 9.17) is 14.7 Å². The lowest BCUT2D eigenvalue weighted by Gasteiger charge is -2.04. The first kappa shape index (κ1) is 16.7. The van der Waals surface area contributed by atoms with Crippen molar-refractivity contribution in [2.45, 2.75) is 0 Å². The third-order valence-corrected chi connectivity index (χ3v) is 5.64. The minimum Gasteiger partial charge on any atom is -0.497 e. The Labute approximate surface area is 166 Å². The molecule has 28 heavy (non-hydrogen) atoms. The first-order valence-electron chi connectivity index (χ1n) is 8.97. The van der Waals surface area contributed by atoms with Crippen molar-refractivity contribution in [2.75, 3.05) is 7.11 Å². The fraction of sp³-hybridized carbons (Fsp3) is 0.0435. The van der Waals surface area contributed by atoms with Crippen molar-refractivity contribution < 1.29 is 4.74 Å². The van der Waals surface area contributed by atoms with Crippen LogP contribution in [-0.2, 0) is 0 Å². The topological polar surface area (TPSA) is 50.8 Å². The van der Waals surface area contributed by atoms with Crippen molar-refractivity contribution in [3.63, 3.8) is 0 Å². The average molecular weight is 383 g/mol. The molecule has 4 nitrogen and oxygen atoms in total. The van der Waals surface area contributed by atoms with Crippen LogP contribution in [0.25, 0.3) is 32.9 Å². The van der Waals surface area contributed by atoms with Gasteiger partial charge in [-0.05, 0) is 48.0 Å². The van der Waals surface area contributed by atoms with Crippen LogP contribution < -0.4 is 4.74 Å². The summed E-state index contributed by atoms with van der Waals surface area (Å²) in [5.41, 5.74) is 4.94. The molecule has 136 valence electrons. The Morgan fingerprint density at radius 3 is 2.57 bits per heavy atom. The van der Waals surface area contributed by atoms with Crippen molar-refractivity contribution in [3.8, 4) is 5.75 Å². The largest absolute Gasteiger partial charge is 0.497 e. The molecule has 0 fully saturated rings. The van der Waals surface area contributed by atoms with Crippen molar-refractivity contribution in [1.82, 2.24) is 15.0 Å². The van der Waals surface area contributed by atoms with Crippen molar-refractivity contribution in [1.29, 1.82) is 0 Å². The Bertz CT molecular complexity index is 1170. The van der Waals surface area contributed by atoms with E-state index >= 15 is 0 Å². The summed E-state index contributed by atoms with van der Waals surface area (Å²) >= 11 is 1.67. The number of nitrogens with one attached hydrogen (secondary N) is 1. The zero-order valence-electron chi connectivity index (χ0n) is 15.2. The molecule has 0 aliphatic carbocycles. The predicted molar refractivity (Wildman–Crippen MR) is 116 cm³/mol. The van der Waals surface area contributed by atoms with Gasteiger partial charge in [0.05, 0.1) is 33.9 Å². The molecule has 0 unspecified atom stereocenters. The quantitative estimate of drug-likeness (QED) is 0.429. The van der Waals surface area contributed by atoms with Gasteiger partial charge in [0.15, 0.2) is 0 Å². The van der Waals surface area contributed by atoms with Gasteiger partial charge in [0, 0.05) is 0 Å². The number of hydrogen-bond donors (Lipinski definition) is 1. The zero-order valence-corrected chi connectivity index (χ0v) is 16.0. The molecule has 3 aromatic carbocycles. The van der Waals surface area contributed by atoms with Gasteiger partial charge in [0.25, 0.3) is 0 Å². The monoisotopic (exact) mass is 383 g/mol. The van der Waals surface area contributed by atoms with Gasteiger partial charge in [-0.2, -0.15) is 0 Å². The van der Waals surface area contributed by atoms with E-state index in [0.717, 1.165) is 49.0 Å². The average Bonchev–Trinajstić information content (AvgIpc) is 3.36. The van der Waals surface area contributed by atoms with Crippen molar-refractivity contribution >= 4 is 44.2 Å². The van der Waals surface area contributed by atoms with Crippen LogP contribution in [-0.4, -0.2) is 22.1 Å². The first-order valence-corrected chi connectivity index (χ1v) is 9.78. The van der Waals surface area contributed by atoms with Crippen LogP contribution in [0.5, 0.6) is 5.75 Å². The third kappa shape index (κ3) is 3.06. The molecule has 0 bridgehead atoms. The number of para-hydroxylation sites is 3. The first-order chi connectivity index (χ1) is 13.8. The number of thiazole rings is 1. The minimum atomic E-state index is 0.808. The minimum absolute atomic E-state index is 0.808. The molecule has 0 saturated heterocycles. The molecular formula is C23H17N3OS. The Hall–Kier alpha value is -3.44. The highest BCUT2D eigenvalue weighted by atomic mass is 32.1. The highest BCUT2D eigenvalue weighted by Gasteiger charge is 2.15. The number of imidazole rings is 1. The summed E-state index contributed by atoms with van der Waals surface area (Å²) in [4.78, 5) is 13.1. The SMILES string of the molecule is COc1cccc(/C=C(/c2nc3ccccc3[nH]2)c2nc3ccccc3s2)c1.